The molecule has 7 rings (SSSR count). The average molecular weight is 671 g/mol. The average Bonchev–Trinajstić information content (AvgIpc) is 3.39. The molecule has 0 radical (unpaired) electrons. The molecule has 0 spiro atoms. The van der Waals surface area contributed by atoms with Gasteiger partial charge in [0.1, 0.15) is 5.75 Å². The minimum Gasteiger partial charge on any atom is -0.507 e. The summed E-state index contributed by atoms with van der Waals surface area (Å²) < 4.78 is 0. The Hall–Kier alpha value is -4.56. The molecule has 2 saturated heterocycles. The van der Waals surface area contributed by atoms with Gasteiger partial charge in [-0.25, -0.2) is 0 Å². The van der Waals surface area contributed by atoms with E-state index in [1.165, 1.54) is 10.5 Å². The SMILES string of the molecule is CC1=C([C@H](O)CC/C(=C/c2ccc(O)c3ccccc23)c2ccccc2)[C@H](CO)[C@@H]2C(=O)N(C3CCN(Cc4ccccc4)CC3)C(=O)[C@@H]2C1. The number of allylic oxidation sites excluding steroid dienone is 2. The Bertz CT molecular complexity index is 1910. The molecule has 7 heteroatoms. The maximum Gasteiger partial charge on any atom is 0.234 e. The van der Waals surface area contributed by atoms with Crippen LogP contribution in [0.1, 0.15) is 55.7 Å². The van der Waals surface area contributed by atoms with Gasteiger partial charge in [0.15, 0.2) is 0 Å². The van der Waals surface area contributed by atoms with E-state index in [0.29, 0.717) is 24.8 Å². The van der Waals surface area contributed by atoms with Crippen LogP contribution in [0.3, 0.4) is 0 Å². The molecule has 0 aromatic heterocycles. The highest BCUT2D eigenvalue weighted by molar-refractivity contribution is 6.06. The number of aromatic hydroxyl groups is 1. The predicted molar refractivity (Wildman–Crippen MR) is 197 cm³/mol. The van der Waals surface area contributed by atoms with E-state index in [-0.39, 0.29) is 30.2 Å². The van der Waals surface area contributed by atoms with Crippen LogP contribution in [-0.4, -0.2) is 68.8 Å². The standard InChI is InChI=1S/C43H46N2O5/c1-28-24-36-41(43(50)45(42(36)49)33-20-22-44(23-21-33)26-29-10-4-2-5-11-29)37(27-46)40(28)39(48)19-16-31(30-12-6-3-7-13-30)25-32-17-18-38(47)35-15-9-8-14-34(32)35/h2-15,17-18,25,33,36-37,39,41,46-48H,16,19-24,26-27H2,1H3/b31-25-/t36-,37+,39-,41-/m1/s1. The van der Waals surface area contributed by atoms with Crippen molar-refractivity contribution in [2.24, 2.45) is 17.8 Å². The van der Waals surface area contributed by atoms with Gasteiger partial charge in [0.2, 0.25) is 11.8 Å². The van der Waals surface area contributed by atoms with Crippen molar-refractivity contribution in [3.63, 3.8) is 0 Å². The van der Waals surface area contributed by atoms with Crippen LogP contribution in [0.25, 0.3) is 22.4 Å². The van der Waals surface area contributed by atoms with Crippen LogP contribution in [0.2, 0.25) is 0 Å². The number of amides is 2. The highest BCUT2D eigenvalue weighted by atomic mass is 16.3. The lowest BCUT2D eigenvalue weighted by Crippen LogP contribution is -2.47. The Morgan fingerprint density at radius 3 is 2.22 bits per heavy atom. The minimum atomic E-state index is -0.880. The van der Waals surface area contributed by atoms with Gasteiger partial charge in [-0.05, 0) is 78.3 Å². The second kappa shape index (κ2) is 14.7. The molecule has 0 unspecified atom stereocenters. The molecule has 50 heavy (non-hydrogen) atoms. The van der Waals surface area contributed by atoms with E-state index in [4.69, 9.17) is 0 Å². The van der Waals surface area contributed by atoms with E-state index >= 15 is 0 Å². The maximum atomic E-state index is 14.1. The fraction of sp³-hybridized carbons (Fsp3) is 0.349. The first-order valence-corrected chi connectivity index (χ1v) is 17.9. The van der Waals surface area contributed by atoms with E-state index < -0.39 is 23.9 Å². The number of likely N-dealkylation sites (tertiary alicyclic amines) is 2. The van der Waals surface area contributed by atoms with Crippen LogP contribution in [0.5, 0.6) is 5.75 Å². The lowest BCUT2D eigenvalue weighted by atomic mass is 9.68. The van der Waals surface area contributed by atoms with Gasteiger partial charge in [-0.1, -0.05) is 103 Å². The quantitative estimate of drug-likeness (QED) is 0.0973. The fourth-order valence-corrected chi connectivity index (χ4v) is 8.70. The van der Waals surface area contributed by atoms with E-state index in [2.05, 4.69) is 35.2 Å². The molecule has 4 atom stereocenters. The Balaban J connectivity index is 1.08. The molecule has 3 N–H and O–H groups in total. The number of benzene rings is 4. The first kappa shape index (κ1) is 33.9. The number of hydrogen-bond donors (Lipinski definition) is 3. The number of aliphatic hydroxyl groups excluding tert-OH is 2. The van der Waals surface area contributed by atoms with Crippen LogP contribution in [0.4, 0.5) is 0 Å². The summed E-state index contributed by atoms with van der Waals surface area (Å²) in [6.07, 6.45) is 4.07. The van der Waals surface area contributed by atoms with Gasteiger partial charge in [-0.15, -0.1) is 0 Å². The second-order valence-electron chi connectivity index (χ2n) is 14.2. The van der Waals surface area contributed by atoms with Gasteiger partial charge in [0.05, 0.1) is 24.5 Å². The van der Waals surface area contributed by atoms with E-state index in [0.717, 1.165) is 65.5 Å². The molecule has 0 saturated carbocycles. The monoisotopic (exact) mass is 670 g/mol. The zero-order valence-electron chi connectivity index (χ0n) is 28.6. The molecule has 1 aliphatic carbocycles. The first-order chi connectivity index (χ1) is 24.3. The first-order valence-electron chi connectivity index (χ1n) is 17.9. The number of fused-ring (bicyclic) bond motifs is 2. The topological polar surface area (TPSA) is 101 Å². The highest BCUT2D eigenvalue weighted by Crippen LogP contribution is 2.47. The molecular formula is C43H46N2O5. The van der Waals surface area contributed by atoms with Crippen LogP contribution in [0.15, 0.2) is 108 Å². The molecule has 7 nitrogen and oxygen atoms in total. The van der Waals surface area contributed by atoms with Gasteiger partial charge in [-0.3, -0.25) is 19.4 Å². The normalized spacial score (nSPS) is 22.7. The Morgan fingerprint density at radius 1 is 0.860 bits per heavy atom. The number of carbonyl (C=O) groups is 2. The number of hydrogen-bond acceptors (Lipinski definition) is 6. The molecule has 4 aromatic rings. The van der Waals surface area contributed by atoms with Crippen molar-refractivity contribution >= 4 is 34.2 Å². The van der Waals surface area contributed by atoms with Crippen LogP contribution in [-0.2, 0) is 16.1 Å². The number of phenolic OH excluding ortho intramolecular Hbond substituents is 1. The Labute approximate surface area is 294 Å². The summed E-state index contributed by atoms with van der Waals surface area (Å²) in [5.74, 6) is -1.84. The van der Waals surface area contributed by atoms with Crippen molar-refractivity contribution in [2.45, 2.75) is 57.7 Å². The van der Waals surface area contributed by atoms with Crippen LogP contribution >= 0.6 is 0 Å². The number of rotatable bonds is 10. The maximum absolute atomic E-state index is 14.1. The third-order valence-corrected chi connectivity index (χ3v) is 11.2. The van der Waals surface area contributed by atoms with Crippen molar-refractivity contribution in [2.75, 3.05) is 19.7 Å². The molecular weight excluding hydrogens is 624 g/mol. The molecule has 258 valence electrons. The molecule has 2 amide bonds. The Kier molecular flexibility index (Phi) is 9.99. The second-order valence-corrected chi connectivity index (χ2v) is 14.2. The van der Waals surface area contributed by atoms with E-state index in [1.807, 2.05) is 73.7 Å². The number of phenols is 1. The third-order valence-electron chi connectivity index (χ3n) is 11.2. The smallest absolute Gasteiger partial charge is 0.234 e. The minimum absolute atomic E-state index is 0.122. The van der Waals surface area contributed by atoms with E-state index in [9.17, 15) is 24.9 Å². The molecule has 4 aromatic carbocycles. The van der Waals surface area contributed by atoms with Crippen LogP contribution in [0, 0.1) is 17.8 Å². The van der Waals surface area contributed by atoms with Crippen molar-refractivity contribution in [1.29, 1.82) is 0 Å². The lowest BCUT2D eigenvalue weighted by molar-refractivity contribution is -0.144. The number of imide groups is 1. The third kappa shape index (κ3) is 6.65. The number of aliphatic hydroxyl groups is 2. The van der Waals surface area contributed by atoms with Crippen molar-refractivity contribution < 1.29 is 24.9 Å². The fourth-order valence-electron chi connectivity index (χ4n) is 8.70. The summed E-state index contributed by atoms with van der Waals surface area (Å²) in [6.45, 7) is 4.12. The molecule has 3 aliphatic rings. The highest BCUT2D eigenvalue weighted by Gasteiger charge is 2.56. The number of carbonyl (C=O) groups excluding carboxylic acids is 2. The molecule has 2 heterocycles. The van der Waals surface area contributed by atoms with Gasteiger partial charge in [0.25, 0.3) is 0 Å². The summed E-state index contributed by atoms with van der Waals surface area (Å²) >= 11 is 0. The van der Waals surface area contributed by atoms with Gasteiger partial charge < -0.3 is 15.3 Å². The largest absolute Gasteiger partial charge is 0.507 e. The lowest BCUT2D eigenvalue weighted by Gasteiger charge is -2.36. The summed E-state index contributed by atoms with van der Waals surface area (Å²) in [7, 11) is 0. The zero-order chi connectivity index (χ0) is 34.8. The Morgan fingerprint density at radius 2 is 1.52 bits per heavy atom. The molecule has 0 bridgehead atoms. The van der Waals surface area contributed by atoms with Crippen LogP contribution < -0.4 is 0 Å². The summed E-state index contributed by atoms with van der Waals surface area (Å²) in [4.78, 5) is 31.9. The zero-order valence-corrected chi connectivity index (χ0v) is 28.6. The van der Waals surface area contributed by atoms with E-state index in [1.54, 1.807) is 6.07 Å². The molecule has 2 fully saturated rings. The van der Waals surface area contributed by atoms with Gasteiger partial charge >= 0.3 is 0 Å². The summed E-state index contributed by atoms with van der Waals surface area (Å²) in [5, 5.41) is 34.7. The number of piperidine rings is 1. The van der Waals surface area contributed by atoms with Crippen molar-refractivity contribution in [3.8, 4) is 5.75 Å². The predicted octanol–water partition coefficient (Wildman–Crippen LogP) is 6.82. The van der Waals surface area contributed by atoms with Gasteiger partial charge in [-0.2, -0.15) is 0 Å². The summed E-state index contributed by atoms with van der Waals surface area (Å²) in [5.41, 5.74) is 5.89. The van der Waals surface area contributed by atoms with Crippen molar-refractivity contribution in [1.82, 2.24) is 9.80 Å². The van der Waals surface area contributed by atoms with Crippen molar-refractivity contribution in [3.05, 3.63) is 125 Å². The summed E-state index contributed by atoms with van der Waals surface area (Å²) in [6, 6.07) is 31.6. The molecule has 2 aliphatic heterocycles. The number of nitrogens with zero attached hydrogens (tertiary/aromatic N) is 2. The van der Waals surface area contributed by atoms with Gasteiger partial charge in [0, 0.05) is 37.0 Å².